The molecule has 2 aliphatic rings. The minimum atomic E-state index is -1.21. The highest BCUT2D eigenvalue weighted by atomic mass is 19.1. The second-order valence-corrected chi connectivity index (χ2v) is 11.8. The molecule has 2 bridgehead atoms. The Labute approximate surface area is 279 Å². The summed E-state index contributed by atoms with van der Waals surface area (Å²) >= 11 is 0. The van der Waals surface area contributed by atoms with Gasteiger partial charge in [0.05, 0.1) is 23.8 Å². The Balaban J connectivity index is 1.39. The van der Waals surface area contributed by atoms with Crippen LogP contribution >= 0.6 is 0 Å². The number of carbonyl (C=O) groups is 3. The molecule has 3 aromatic carbocycles. The van der Waals surface area contributed by atoms with Crippen molar-refractivity contribution in [1.29, 1.82) is 0 Å². The topological polar surface area (TPSA) is 116 Å². The van der Waals surface area contributed by atoms with Gasteiger partial charge in [0.2, 0.25) is 5.43 Å². The fourth-order valence-electron chi connectivity index (χ4n) is 6.23. The van der Waals surface area contributed by atoms with Crippen LogP contribution in [0.15, 0.2) is 83.8 Å². The Morgan fingerprint density at radius 2 is 1.59 bits per heavy atom. The molecular formula is C36H32F3N3O7. The molecule has 1 fully saturated rings. The van der Waals surface area contributed by atoms with Gasteiger partial charge in [0.25, 0.3) is 11.8 Å². The molecule has 0 unspecified atom stereocenters. The summed E-state index contributed by atoms with van der Waals surface area (Å²) < 4.78 is 61.4. The lowest BCUT2D eigenvalue weighted by atomic mass is 10.0. The molecule has 2 aliphatic heterocycles. The number of ether oxygens (including phenoxy) is 3. The van der Waals surface area contributed by atoms with E-state index in [0.29, 0.717) is 23.3 Å². The second-order valence-electron chi connectivity index (χ2n) is 11.8. The number of aromatic nitrogens is 1. The Hall–Kier alpha value is -5.43. The van der Waals surface area contributed by atoms with Crippen LogP contribution in [-0.4, -0.2) is 59.2 Å². The maximum atomic E-state index is 14.3. The first kappa shape index (κ1) is 33.5. The smallest absolute Gasteiger partial charge is 0.338 e. The SMILES string of the molecule is CO[C@@H]1C[C@H](OC(=O)c2ccccc2)[C@H](C)N2C[C@H]1n1cc(C(=O)NCc3c(F)cc(F)cc3F)c(=O)c(OCc3ccccc3)c1C2=O. The fourth-order valence-corrected chi connectivity index (χ4v) is 6.23. The molecule has 1 N–H and O–H groups in total. The molecule has 10 nitrogen and oxygen atoms in total. The highest BCUT2D eigenvalue weighted by molar-refractivity contribution is 5.99. The first-order valence-electron chi connectivity index (χ1n) is 15.5. The number of fused-ring (bicyclic) bond motifs is 4. The average Bonchev–Trinajstić information content (AvgIpc) is 3.21. The first-order chi connectivity index (χ1) is 23.6. The van der Waals surface area contributed by atoms with Crippen LogP contribution in [0.1, 0.15) is 61.7 Å². The normalized spacial score (nSPS) is 19.9. The molecular weight excluding hydrogens is 643 g/mol. The van der Waals surface area contributed by atoms with E-state index < -0.39 is 88.4 Å². The summed E-state index contributed by atoms with van der Waals surface area (Å²) in [6.45, 7) is 1.00. The Morgan fingerprint density at radius 1 is 0.939 bits per heavy atom. The molecule has 1 saturated heterocycles. The summed E-state index contributed by atoms with van der Waals surface area (Å²) in [7, 11) is 1.46. The van der Waals surface area contributed by atoms with Crippen LogP contribution in [0.3, 0.4) is 0 Å². The van der Waals surface area contributed by atoms with Crippen LogP contribution in [0.25, 0.3) is 0 Å². The van der Waals surface area contributed by atoms with E-state index >= 15 is 0 Å². The van der Waals surface area contributed by atoms with E-state index in [1.807, 2.05) is 0 Å². The van der Waals surface area contributed by atoms with Gasteiger partial charge in [-0.05, 0) is 24.6 Å². The third-order valence-electron chi connectivity index (χ3n) is 8.89. The van der Waals surface area contributed by atoms with Gasteiger partial charge in [0.1, 0.15) is 35.7 Å². The van der Waals surface area contributed by atoms with E-state index in [0.717, 1.165) is 0 Å². The highest BCUT2D eigenvalue weighted by Gasteiger charge is 2.47. The minimum Gasteiger partial charge on any atom is -0.483 e. The van der Waals surface area contributed by atoms with E-state index in [4.69, 9.17) is 14.2 Å². The molecule has 2 amide bonds. The molecule has 4 aromatic rings. The van der Waals surface area contributed by atoms with Crippen molar-refractivity contribution in [3.8, 4) is 5.75 Å². The van der Waals surface area contributed by atoms with Crippen LogP contribution in [0.5, 0.6) is 5.75 Å². The Morgan fingerprint density at radius 3 is 2.24 bits per heavy atom. The zero-order valence-electron chi connectivity index (χ0n) is 26.5. The van der Waals surface area contributed by atoms with Gasteiger partial charge in [0.15, 0.2) is 11.4 Å². The summed E-state index contributed by atoms with van der Waals surface area (Å²) in [5.74, 6) is -6.13. The lowest BCUT2D eigenvalue weighted by Crippen LogP contribution is -2.51. The number of pyridine rings is 1. The summed E-state index contributed by atoms with van der Waals surface area (Å²) in [5.41, 5.74) is -1.12. The number of halogens is 3. The molecule has 6 rings (SSSR count). The van der Waals surface area contributed by atoms with Crippen molar-refractivity contribution in [1.82, 2.24) is 14.8 Å². The van der Waals surface area contributed by atoms with Gasteiger partial charge in [-0.15, -0.1) is 0 Å². The first-order valence-corrected chi connectivity index (χ1v) is 15.5. The number of rotatable bonds is 9. The van der Waals surface area contributed by atoms with Crippen LogP contribution < -0.4 is 15.5 Å². The molecule has 13 heteroatoms. The van der Waals surface area contributed by atoms with Crippen molar-refractivity contribution < 1.29 is 41.8 Å². The molecule has 0 saturated carbocycles. The van der Waals surface area contributed by atoms with Crippen LogP contribution in [0.4, 0.5) is 13.2 Å². The largest absolute Gasteiger partial charge is 0.483 e. The molecule has 0 aliphatic carbocycles. The zero-order valence-corrected chi connectivity index (χ0v) is 26.5. The van der Waals surface area contributed by atoms with Crippen LogP contribution in [-0.2, 0) is 22.6 Å². The van der Waals surface area contributed by atoms with Crippen LogP contribution in [0, 0.1) is 17.5 Å². The van der Waals surface area contributed by atoms with E-state index in [2.05, 4.69) is 5.32 Å². The number of nitrogens with zero attached hydrogens (tertiary/aromatic N) is 2. The van der Waals surface area contributed by atoms with Gasteiger partial charge in [-0.1, -0.05) is 48.5 Å². The highest BCUT2D eigenvalue weighted by Crippen LogP contribution is 2.37. The molecule has 4 atom stereocenters. The third-order valence-corrected chi connectivity index (χ3v) is 8.89. The van der Waals surface area contributed by atoms with E-state index in [9.17, 15) is 32.3 Å². The Bertz CT molecular complexity index is 1930. The summed E-state index contributed by atoms with van der Waals surface area (Å²) in [6.07, 6.45) is -0.103. The number of nitrogens with one attached hydrogen (secondary N) is 1. The molecule has 49 heavy (non-hydrogen) atoms. The molecule has 1 aromatic heterocycles. The number of hydrogen-bond donors (Lipinski definition) is 1. The van der Waals surface area contributed by atoms with Crippen molar-refractivity contribution >= 4 is 17.8 Å². The number of carbonyl (C=O) groups excluding carboxylic acids is 3. The summed E-state index contributed by atoms with van der Waals surface area (Å²) in [5, 5.41) is 2.33. The number of benzene rings is 3. The molecule has 254 valence electrons. The third kappa shape index (κ3) is 6.66. The van der Waals surface area contributed by atoms with E-state index in [1.165, 1.54) is 22.8 Å². The predicted octanol–water partition coefficient (Wildman–Crippen LogP) is 4.80. The number of esters is 1. The minimum absolute atomic E-state index is 0.0823. The van der Waals surface area contributed by atoms with Crippen molar-refractivity contribution in [3.63, 3.8) is 0 Å². The van der Waals surface area contributed by atoms with Crippen LogP contribution in [0.2, 0.25) is 0 Å². The molecule has 3 heterocycles. The number of methoxy groups -OCH3 is 1. The van der Waals surface area contributed by atoms with Gasteiger partial charge < -0.3 is 29.0 Å². The average molecular weight is 676 g/mol. The lowest BCUT2D eigenvalue weighted by Gasteiger charge is -2.39. The lowest BCUT2D eigenvalue weighted by molar-refractivity contribution is -0.00882. The van der Waals surface area contributed by atoms with Gasteiger partial charge in [-0.2, -0.15) is 0 Å². The monoisotopic (exact) mass is 675 g/mol. The number of hydrogen-bond acceptors (Lipinski definition) is 7. The van der Waals surface area contributed by atoms with Gasteiger partial charge >= 0.3 is 5.97 Å². The fraction of sp³-hybridized carbons (Fsp3) is 0.278. The maximum absolute atomic E-state index is 14.3. The van der Waals surface area contributed by atoms with Crippen molar-refractivity contribution in [3.05, 3.63) is 135 Å². The van der Waals surface area contributed by atoms with Crippen molar-refractivity contribution in [2.45, 2.75) is 50.8 Å². The summed E-state index contributed by atoms with van der Waals surface area (Å²) in [6, 6.07) is 16.9. The van der Waals surface area contributed by atoms with Crippen molar-refractivity contribution in [2.75, 3.05) is 13.7 Å². The molecule has 0 spiro atoms. The Kier molecular flexibility index (Phi) is 9.54. The molecule has 0 radical (unpaired) electrons. The van der Waals surface area contributed by atoms with E-state index in [1.54, 1.807) is 67.6 Å². The van der Waals surface area contributed by atoms with Gasteiger partial charge in [-0.25, -0.2) is 18.0 Å². The number of amides is 2. The quantitative estimate of drug-likeness (QED) is 0.254. The summed E-state index contributed by atoms with van der Waals surface area (Å²) in [4.78, 5) is 56.3. The van der Waals surface area contributed by atoms with E-state index in [-0.39, 0.29) is 25.3 Å². The maximum Gasteiger partial charge on any atom is 0.338 e. The zero-order chi connectivity index (χ0) is 34.8. The van der Waals surface area contributed by atoms with Gasteiger partial charge in [0, 0.05) is 50.5 Å². The van der Waals surface area contributed by atoms with Crippen molar-refractivity contribution in [2.24, 2.45) is 0 Å². The standard InChI is InChI=1S/C36H32F3N3O7/c1-20-29(49-36(46)22-11-7-4-8-12-22)15-30(47-2)28-18-41(20)35(45)31-33(48-19-21-9-5-3-6-10-21)32(43)25(17-42(28)31)34(44)40-16-24-26(38)13-23(37)14-27(24)39/h3-14,17,20,28-30H,15-16,18-19H2,1-2H3,(H,40,44)/t20-,28+,29-,30+/m0/s1. The van der Waals surface area contributed by atoms with Gasteiger partial charge in [-0.3, -0.25) is 14.4 Å². The second kappa shape index (κ2) is 14.0. The predicted molar refractivity (Wildman–Crippen MR) is 170 cm³/mol.